The number of thiocarbonyl (C=S) groups is 1. The SMILES string of the molecule is CCOc1ccc(NC(=O)C[C@@H]2C(=O)N(Cc3ccc(F)cc3)C(=S)N2C(C)C)cc1. The van der Waals surface area contributed by atoms with Crippen molar-refractivity contribution in [2.24, 2.45) is 0 Å². The zero-order chi connectivity index (χ0) is 22.5. The molecule has 1 N–H and O–H groups in total. The van der Waals surface area contributed by atoms with Crippen LogP contribution >= 0.6 is 12.2 Å². The maximum atomic E-state index is 13.2. The fourth-order valence-electron chi connectivity index (χ4n) is 3.54. The van der Waals surface area contributed by atoms with E-state index in [1.807, 2.05) is 20.8 Å². The maximum Gasteiger partial charge on any atom is 0.252 e. The molecule has 0 spiro atoms. The van der Waals surface area contributed by atoms with E-state index in [0.717, 1.165) is 11.3 Å². The van der Waals surface area contributed by atoms with Gasteiger partial charge in [0.15, 0.2) is 5.11 Å². The molecule has 1 aliphatic heterocycles. The van der Waals surface area contributed by atoms with Crippen LogP contribution in [0.1, 0.15) is 32.8 Å². The van der Waals surface area contributed by atoms with Crippen molar-refractivity contribution in [3.8, 4) is 5.75 Å². The summed E-state index contributed by atoms with van der Waals surface area (Å²) < 4.78 is 18.6. The fourth-order valence-corrected chi connectivity index (χ4v) is 4.03. The number of carbonyl (C=O) groups is 2. The molecule has 0 bridgehead atoms. The first-order valence-corrected chi connectivity index (χ1v) is 10.6. The van der Waals surface area contributed by atoms with Crippen molar-refractivity contribution < 1.29 is 18.7 Å². The molecule has 0 aliphatic carbocycles. The van der Waals surface area contributed by atoms with Crippen molar-refractivity contribution in [2.75, 3.05) is 11.9 Å². The quantitative estimate of drug-likeness (QED) is 0.626. The number of anilines is 1. The molecule has 1 saturated heterocycles. The number of hydrogen-bond acceptors (Lipinski definition) is 4. The van der Waals surface area contributed by atoms with Gasteiger partial charge in [-0.2, -0.15) is 0 Å². The van der Waals surface area contributed by atoms with Gasteiger partial charge in [0, 0.05) is 11.7 Å². The van der Waals surface area contributed by atoms with Gasteiger partial charge in [-0.1, -0.05) is 12.1 Å². The van der Waals surface area contributed by atoms with Crippen molar-refractivity contribution in [2.45, 2.75) is 45.8 Å². The Hall–Kier alpha value is -3.00. The molecule has 164 valence electrons. The molecule has 2 aromatic rings. The average molecular weight is 444 g/mol. The minimum absolute atomic E-state index is 0.0235. The molecule has 0 saturated carbocycles. The lowest BCUT2D eigenvalue weighted by Crippen LogP contribution is -2.42. The molecule has 1 heterocycles. The Kier molecular flexibility index (Phi) is 7.22. The minimum atomic E-state index is -0.685. The smallest absolute Gasteiger partial charge is 0.252 e. The van der Waals surface area contributed by atoms with Crippen molar-refractivity contribution in [1.82, 2.24) is 9.80 Å². The summed E-state index contributed by atoms with van der Waals surface area (Å²) in [5.41, 5.74) is 1.39. The molecule has 2 amide bonds. The number of amides is 2. The van der Waals surface area contributed by atoms with E-state index in [1.54, 1.807) is 41.3 Å². The zero-order valence-electron chi connectivity index (χ0n) is 17.8. The summed E-state index contributed by atoms with van der Waals surface area (Å²) in [5.74, 6) is -0.129. The van der Waals surface area contributed by atoms with E-state index in [4.69, 9.17) is 17.0 Å². The van der Waals surface area contributed by atoms with Gasteiger partial charge >= 0.3 is 0 Å². The molecular formula is C23H26FN3O3S. The standard InChI is InChI=1S/C23H26FN3O3S/c1-4-30-19-11-9-18(10-12-19)25-21(28)13-20-22(29)26(23(31)27(20)15(2)3)14-16-5-7-17(24)8-6-16/h5-12,15,20H,4,13-14H2,1-3H3,(H,25,28)/t20-/m1/s1. The van der Waals surface area contributed by atoms with E-state index in [-0.39, 0.29) is 36.6 Å². The van der Waals surface area contributed by atoms with Crippen molar-refractivity contribution in [3.05, 3.63) is 59.9 Å². The van der Waals surface area contributed by atoms with E-state index >= 15 is 0 Å². The number of benzene rings is 2. The van der Waals surface area contributed by atoms with Crippen LogP contribution in [0.15, 0.2) is 48.5 Å². The Balaban J connectivity index is 1.70. The van der Waals surface area contributed by atoms with E-state index in [0.29, 0.717) is 17.4 Å². The lowest BCUT2D eigenvalue weighted by molar-refractivity contribution is -0.131. The first-order valence-electron chi connectivity index (χ1n) is 10.2. The van der Waals surface area contributed by atoms with Crippen molar-refractivity contribution in [1.29, 1.82) is 0 Å². The molecule has 1 aliphatic rings. The van der Waals surface area contributed by atoms with Gasteiger partial charge in [0.05, 0.1) is 19.6 Å². The highest BCUT2D eigenvalue weighted by Gasteiger charge is 2.44. The van der Waals surface area contributed by atoms with Gasteiger partial charge in [-0.05, 0) is 75.0 Å². The number of nitrogens with one attached hydrogen (secondary N) is 1. The first-order chi connectivity index (χ1) is 14.8. The second-order valence-corrected chi connectivity index (χ2v) is 7.93. The Bertz CT molecular complexity index is 948. The van der Waals surface area contributed by atoms with E-state index in [1.165, 1.54) is 17.0 Å². The van der Waals surface area contributed by atoms with E-state index < -0.39 is 6.04 Å². The van der Waals surface area contributed by atoms with Crippen LogP contribution in [-0.4, -0.2) is 45.4 Å². The largest absolute Gasteiger partial charge is 0.494 e. The number of hydrogen-bond donors (Lipinski definition) is 1. The molecule has 0 aromatic heterocycles. The molecular weight excluding hydrogens is 417 g/mol. The molecule has 1 atom stereocenters. The number of nitrogens with zero attached hydrogens (tertiary/aromatic N) is 2. The van der Waals surface area contributed by atoms with Gasteiger partial charge in [-0.3, -0.25) is 14.5 Å². The van der Waals surface area contributed by atoms with Crippen LogP contribution in [0.2, 0.25) is 0 Å². The highest BCUT2D eigenvalue weighted by atomic mass is 32.1. The summed E-state index contributed by atoms with van der Waals surface area (Å²) in [6.07, 6.45) is -0.0235. The van der Waals surface area contributed by atoms with Crippen molar-refractivity contribution in [3.63, 3.8) is 0 Å². The molecule has 1 fully saturated rings. The summed E-state index contributed by atoms with van der Waals surface area (Å²) in [6, 6.07) is 12.3. The van der Waals surface area contributed by atoms with Gasteiger partial charge in [0.2, 0.25) is 5.91 Å². The van der Waals surface area contributed by atoms with Gasteiger partial charge in [0.1, 0.15) is 17.6 Å². The number of ether oxygens (including phenoxy) is 1. The normalized spacial score (nSPS) is 16.2. The fraction of sp³-hybridized carbons (Fsp3) is 0.348. The van der Waals surface area contributed by atoms with E-state index in [9.17, 15) is 14.0 Å². The van der Waals surface area contributed by atoms with Crippen LogP contribution < -0.4 is 10.1 Å². The Morgan fingerprint density at radius 2 is 1.81 bits per heavy atom. The molecule has 8 heteroatoms. The summed E-state index contributed by atoms with van der Waals surface area (Å²) in [4.78, 5) is 29.1. The van der Waals surface area contributed by atoms with Crippen LogP contribution in [0, 0.1) is 5.82 Å². The van der Waals surface area contributed by atoms with Gasteiger partial charge < -0.3 is 15.0 Å². The minimum Gasteiger partial charge on any atom is -0.494 e. The third-order valence-electron chi connectivity index (χ3n) is 4.98. The van der Waals surface area contributed by atoms with Crippen molar-refractivity contribution >= 4 is 34.8 Å². The van der Waals surface area contributed by atoms with Crippen LogP contribution in [0.25, 0.3) is 0 Å². The van der Waals surface area contributed by atoms with Crippen LogP contribution in [0.3, 0.4) is 0 Å². The third kappa shape index (κ3) is 5.38. The van der Waals surface area contributed by atoms with Crippen LogP contribution in [0.4, 0.5) is 10.1 Å². The summed E-state index contributed by atoms with van der Waals surface area (Å²) in [7, 11) is 0. The summed E-state index contributed by atoms with van der Waals surface area (Å²) >= 11 is 5.55. The molecule has 2 aromatic carbocycles. The second-order valence-electron chi connectivity index (χ2n) is 7.56. The third-order valence-corrected chi connectivity index (χ3v) is 5.41. The number of carbonyl (C=O) groups excluding carboxylic acids is 2. The van der Waals surface area contributed by atoms with E-state index in [2.05, 4.69) is 5.32 Å². The zero-order valence-corrected chi connectivity index (χ0v) is 18.6. The molecule has 6 nitrogen and oxygen atoms in total. The van der Waals surface area contributed by atoms with Gasteiger partial charge in [0.25, 0.3) is 5.91 Å². The monoisotopic (exact) mass is 443 g/mol. The summed E-state index contributed by atoms with van der Waals surface area (Å²) in [6.45, 7) is 6.56. The van der Waals surface area contributed by atoms with Crippen LogP contribution in [-0.2, 0) is 16.1 Å². The van der Waals surface area contributed by atoms with Gasteiger partial charge in [-0.25, -0.2) is 4.39 Å². The maximum absolute atomic E-state index is 13.2. The Morgan fingerprint density at radius 1 is 1.16 bits per heavy atom. The number of halogens is 1. The van der Waals surface area contributed by atoms with Gasteiger partial charge in [-0.15, -0.1) is 0 Å². The molecule has 0 radical (unpaired) electrons. The molecule has 0 unspecified atom stereocenters. The predicted molar refractivity (Wildman–Crippen MR) is 121 cm³/mol. The second kappa shape index (κ2) is 9.87. The predicted octanol–water partition coefficient (Wildman–Crippen LogP) is 3.96. The average Bonchev–Trinajstić information content (AvgIpc) is 2.95. The lowest BCUT2D eigenvalue weighted by Gasteiger charge is -2.27. The Labute approximate surface area is 187 Å². The van der Waals surface area contributed by atoms with Crippen LogP contribution in [0.5, 0.6) is 5.75 Å². The lowest BCUT2D eigenvalue weighted by atomic mass is 10.1. The Morgan fingerprint density at radius 3 is 2.39 bits per heavy atom. The summed E-state index contributed by atoms with van der Waals surface area (Å²) in [5, 5.41) is 3.20. The topological polar surface area (TPSA) is 61.9 Å². The number of rotatable bonds is 8. The molecule has 31 heavy (non-hydrogen) atoms. The first kappa shape index (κ1) is 22.7. The molecule has 3 rings (SSSR count). The highest BCUT2D eigenvalue weighted by molar-refractivity contribution is 7.80. The highest BCUT2D eigenvalue weighted by Crippen LogP contribution is 2.26.